The standard InChI is InChI=1S/C20H23FN4O2/c1-13-23-12-15(20(27)25-18-9-5-4-8-16(18)21)17(24-13)10-11-22-19(26)14-6-2-3-7-14/h4-5,8-9,12,14H,2-3,6-7,10-11H2,1H3,(H,22,26)(H,25,27). The Labute approximate surface area is 157 Å². The van der Waals surface area contributed by atoms with Crippen molar-refractivity contribution in [2.75, 3.05) is 11.9 Å². The molecule has 27 heavy (non-hydrogen) atoms. The van der Waals surface area contributed by atoms with Gasteiger partial charge in [-0.3, -0.25) is 9.59 Å². The normalized spacial score (nSPS) is 14.1. The van der Waals surface area contributed by atoms with E-state index in [2.05, 4.69) is 20.6 Å². The molecule has 1 aromatic carbocycles. The predicted molar refractivity (Wildman–Crippen MR) is 99.8 cm³/mol. The van der Waals surface area contributed by atoms with Crippen LogP contribution in [0, 0.1) is 18.7 Å². The summed E-state index contributed by atoms with van der Waals surface area (Å²) in [6, 6.07) is 5.97. The first kappa shape index (κ1) is 18.9. The summed E-state index contributed by atoms with van der Waals surface area (Å²) in [5.74, 6) is -0.285. The van der Waals surface area contributed by atoms with Crippen molar-refractivity contribution in [1.29, 1.82) is 0 Å². The van der Waals surface area contributed by atoms with Gasteiger partial charge in [-0.2, -0.15) is 0 Å². The molecule has 2 N–H and O–H groups in total. The number of hydrogen-bond donors (Lipinski definition) is 2. The van der Waals surface area contributed by atoms with Gasteiger partial charge in [0.05, 0.1) is 16.9 Å². The fraction of sp³-hybridized carbons (Fsp3) is 0.400. The van der Waals surface area contributed by atoms with Gasteiger partial charge in [0.2, 0.25) is 5.91 Å². The minimum atomic E-state index is -0.510. The Bertz CT molecular complexity index is 834. The maximum Gasteiger partial charge on any atom is 0.259 e. The molecule has 1 saturated carbocycles. The van der Waals surface area contributed by atoms with E-state index in [0.717, 1.165) is 25.7 Å². The van der Waals surface area contributed by atoms with Crippen LogP contribution >= 0.6 is 0 Å². The van der Waals surface area contributed by atoms with E-state index in [-0.39, 0.29) is 23.1 Å². The molecule has 2 amide bonds. The van der Waals surface area contributed by atoms with E-state index in [4.69, 9.17) is 0 Å². The molecule has 0 spiro atoms. The van der Waals surface area contributed by atoms with Gasteiger partial charge in [-0.25, -0.2) is 14.4 Å². The van der Waals surface area contributed by atoms with E-state index in [1.807, 2.05) is 0 Å². The molecule has 1 aliphatic rings. The van der Waals surface area contributed by atoms with Gasteiger partial charge in [0.15, 0.2) is 0 Å². The number of amides is 2. The first-order valence-electron chi connectivity index (χ1n) is 9.20. The van der Waals surface area contributed by atoms with Crippen molar-refractivity contribution in [2.24, 2.45) is 5.92 Å². The second-order valence-corrected chi connectivity index (χ2v) is 6.73. The van der Waals surface area contributed by atoms with E-state index in [9.17, 15) is 14.0 Å². The summed E-state index contributed by atoms with van der Waals surface area (Å²) in [5, 5.41) is 5.48. The van der Waals surface area contributed by atoms with E-state index < -0.39 is 11.7 Å². The van der Waals surface area contributed by atoms with Gasteiger partial charge in [0.1, 0.15) is 11.6 Å². The molecule has 1 fully saturated rings. The van der Waals surface area contributed by atoms with Crippen molar-refractivity contribution < 1.29 is 14.0 Å². The molecular formula is C20H23FN4O2. The fourth-order valence-corrected chi connectivity index (χ4v) is 3.29. The van der Waals surface area contributed by atoms with E-state index in [1.165, 1.54) is 18.3 Å². The minimum Gasteiger partial charge on any atom is -0.355 e. The molecule has 2 aromatic rings. The Hall–Kier alpha value is -2.83. The number of para-hydroxylation sites is 1. The molecule has 142 valence electrons. The molecule has 0 aliphatic heterocycles. The van der Waals surface area contributed by atoms with Crippen LogP contribution < -0.4 is 10.6 Å². The summed E-state index contributed by atoms with van der Waals surface area (Å²) in [4.78, 5) is 33.1. The van der Waals surface area contributed by atoms with Crippen LogP contribution in [0.25, 0.3) is 0 Å². The summed E-state index contributed by atoms with van der Waals surface area (Å²) < 4.78 is 13.8. The van der Waals surface area contributed by atoms with Gasteiger partial charge in [-0.1, -0.05) is 25.0 Å². The Kier molecular flexibility index (Phi) is 6.11. The van der Waals surface area contributed by atoms with Crippen LogP contribution in [0.3, 0.4) is 0 Å². The monoisotopic (exact) mass is 370 g/mol. The highest BCUT2D eigenvalue weighted by molar-refractivity contribution is 6.04. The molecule has 0 unspecified atom stereocenters. The lowest BCUT2D eigenvalue weighted by Gasteiger charge is -2.12. The zero-order valence-electron chi connectivity index (χ0n) is 15.3. The van der Waals surface area contributed by atoms with Crippen LogP contribution in [0.4, 0.5) is 10.1 Å². The van der Waals surface area contributed by atoms with Gasteiger partial charge in [-0.05, 0) is 31.9 Å². The first-order valence-corrected chi connectivity index (χ1v) is 9.20. The highest BCUT2D eigenvalue weighted by atomic mass is 19.1. The Morgan fingerprint density at radius 1 is 1.22 bits per heavy atom. The van der Waals surface area contributed by atoms with Gasteiger partial charge >= 0.3 is 0 Å². The molecule has 7 heteroatoms. The van der Waals surface area contributed by atoms with Crippen LogP contribution in [0.5, 0.6) is 0 Å². The highest BCUT2D eigenvalue weighted by Gasteiger charge is 2.22. The quantitative estimate of drug-likeness (QED) is 0.819. The molecule has 0 radical (unpaired) electrons. The van der Waals surface area contributed by atoms with Gasteiger partial charge < -0.3 is 10.6 Å². The molecule has 1 aliphatic carbocycles. The highest BCUT2D eigenvalue weighted by Crippen LogP contribution is 2.24. The summed E-state index contributed by atoms with van der Waals surface area (Å²) in [7, 11) is 0. The number of hydrogen-bond acceptors (Lipinski definition) is 4. The lowest BCUT2D eigenvalue weighted by Crippen LogP contribution is -2.31. The third-order valence-corrected chi connectivity index (χ3v) is 4.74. The number of anilines is 1. The predicted octanol–water partition coefficient (Wildman–Crippen LogP) is 3.03. The number of nitrogens with one attached hydrogen (secondary N) is 2. The lowest BCUT2D eigenvalue weighted by atomic mass is 10.1. The fourth-order valence-electron chi connectivity index (χ4n) is 3.29. The van der Waals surface area contributed by atoms with Crippen molar-refractivity contribution in [3.8, 4) is 0 Å². The summed E-state index contributed by atoms with van der Waals surface area (Å²) in [5.41, 5.74) is 0.908. The van der Waals surface area contributed by atoms with Crippen LogP contribution in [0.2, 0.25) is 0 Å². The topological polar surface area (TPSA) is 84.0 Å². The van der Waals surface area contributed by atoms with Gasteiger partial charge in [0, 0.05) is 25.1 Å². The van der Waals surface area contributed by atoms with Gasteiger partial charge in [0.25, 0.3) is 5.91 Å². The van der Waals surface area contributed by atoms with Crippen LogP contribution in [-0.2, 0) is 11.2 Å². The first-order chi connectivity index (χ1) is 13.0. The number of carbonyl (C=O) groups is 2. The minimum absolute atomic E-state index is 0.0654. The molecule has 6 nitrogen and oxygen atoms in total. The van der Waals surface area contributed by atoms with Crippen molar-refractivity contribution >= 4 is 17.5 Å². The number of benzene rings is 1. The van der Waals surface area contributed by atoms with Crippen molar-refractivity contribution in [2.45, 2.75) is 39.0 Å². The number of aryl methyl sites for hydroxylation is 1. The number of nitrogens with zero attached hydrogens (tertiary/aromatic N) is 2. The third kappa shape index (κ3) is 4.87. The Morgan fingerprint density at radius 2 is 1.96 bits per heavy atom. The van der Waals surface area contributed by atoms with Crippen molar-refractivity contribution in [3.63, 3.8) is 0 Å². The van der Waals surface area contributed by atoms with Crippen LogP contribution in [0.15, 0.2) is 30.5 Å². The zero-order valence-corrected chi connectivity index (χ0v) is 15.3. The second kappa shape index (κ2) is 8.70. The molecule has 1 aromatic heterocycles. The molecule has 1 heterocycles. The zero-order chi connectivity index (χ0) is 19.2. The smallest absolute Gasteiger partial charge is 0.259 e. The lowest BCUT2D eigenvalue weighted by molar-refractivity contribution is -0.124. The van der Waals surface area contributed by atoms with E-state index in [0.29, 0.717) is 24.5 Å². The maximum atomic E-state index is 13.8. The average Bonchev–Trinajstić information content (AvgIpc) is 3.18. The summed E-state index contributed by atoms with van der Waals surface area (Å²) in [6.07, 6.45) is 5.92. The largest absolute Gasteiger partial charge is 0.355 e. The molecule has 0 bridgehead atoms. The van der Waals surface area contributed by atoms with Gasteiger partial charge in [-0.15, -0.1) is 0 Å². The van der Waals surface area contributed by atoms with Crippen LogP contribution in [-0.4, -0.2) is 28.3 Å². The molecular weight excluding hydrogens is 347 g/mol. The SMILES string of the molecule is Cc1ncc(C(=O)Nc2ccccc2F)c(CCNC(=O)C2CCCC2)n1. The van der Waals surface area contributed by atoms with E-state index in [1.54, 1.807) is 19.1 Å². The summed E-state index contributed by atoms with van der Waals surface area (Å²) >= 11 is 0. The molecule has 3 rings (SSSR count). The van der Waals surface area contributed by atoms with Crippen molar-refractivity contribution in [3.05, 3.63) is 53.4 Å². The second-order valence-electron chi connectivity index (χ2n) is 6.73. The average molecular weight is 370 g/mol. The Morgan fingerprint density at radius 3 is 2.70 bits per heavy atom. The number of halogens is 1. The van der Waals surface area contributed by atoms with E-state index >= 15 is 0 Å². The molecule has 0 atom stereocenters. The van der Waals surface area contributed by atoms with Crippen LogP contribution in [0.1, 0.15) is 47.6 Å². The Balaban J connectivity index is 1.66. The van der Waals surface area contributed by atoms with Crippen molar-refractivity contribution in [1.82, 2.24) is 15.3 Å². The number of carbonyl (C=O) groups excluding carboxylic acids is 2. The third-order valence-electron chi connectivity index (χ3n) is 4.74. The molecule has 0 saturated heterocycles. The number of aromatic nitrogens is 2. The summed E-state index contributed by atoms with van der Waals surface area (Å²) in [6.45, 7) is 2.13. The maximum absolute atomic E-state index is 13.8. The number of rotatable bonds is 6.